The molecule has 0 saturated carbocycles. The first-order valence-electron chi connectivity index (χ1n) is 10.8. The SMILES string of the molecule is CCCCCCCNC(=O)O[C@H]1[C@@H](OC)O[C@@H]2COC(c3ccccc3)O[C@H]2[C@@H]1O. The highest BCUT2D eigenvalue weighted by Crippen LogP contribution is 2.35. The van der Waals surface area contributed by atoms with E-state index in [4.69, 9.17) is 23.7 Å². The van der Waals surface area contributed by atoms with Crippen LogP contribution in [0.25, 0.3) is 0 Å². The Balaban J connectivity index is 1.54. The highest BCUT2D eigenvalue weighted by Gasteiger charge is 2.51. The van der Waals surface area contributed by atoms with Gasteiger partial charge in [-0.2, -0.15) is 0 Å². The molecule has 8 heteroatoms. The van der Waals surface area contributed by atoms with Crippen LogP contribution in [-0.4, -0.2) is 62.2 Å². The summed E-state index contributed by atoms with van der Waals surface area (Å²) in [6, 6.07) is 9.47. The minimum absolute atomic E-state index is 0.234. The lowest BCUT2D eigenvalue weighted by atomic mass is 9.97. The van der Waals surface area contributed by atoms with Crippen molar-refractivity contribution in [2.45, 2.75) is 76.0 Å². The molecule has 2 heterocycles. The van der Waals surface area contributed by atoms with Crippen molar-refractivity contribution in [3.63, 3.8) is 0 Å². The second-order valence-electron chi connectivity index (χ2n) is 7.66. The molecule has 6 atom stereocenters. The maximum Gasteiger partial charge on any atom is 0.407 e. The molecule has 0 aromatic heterocycles. The number of carbonyl (C=O) groups excluding carboxylic acids is 1. The number of hydrogen-bond acceptors (Lipinski definition) is 7. The molecule has 2 aliphatic rings. The molecule has 2 saturated heterocycles. The zero-order valence-electron chi connectivity index (χ0n) is 17.7. The molecule has 30 heavy (non-hydrogen) atoms. The minimum atomic E-state index is -1.11. The van der Waals surface area contributed by atoms with Crippen LogP contribution in [0.5, 0.6) is 0 Å². The Morgan fingerprint density at radius 1 is 1.17 bits per heavy atom. The molecule has 168 valence electrons. The van der Waals surface area contributed by atoms with Gasteiger partial charge in [0.05, 0.1) is 6.61 Å². The van der Waals surface area contributed by atoms with Crippen LogP contribution in [0.4, 0.5) is 4.79 Å². The number of ether oxygens (including phenoxy) is 5. The van der Waals surface area contributed by atoms with Gasteiger partial charge in [0, 0.05) is 19.2 Å². The van der Waals surface area contributed by atoms with Crippen molar-refractivity contribution < 1.29 is 33.6 Å². The molecule has 0 bridgehead atoms. The number of hydrogen-bond donors (Lipinski definition) is 2. The highest BCUT2D eigenvalue weighted by atomic mass is 16.8. The number of rotatable bonds is 9. The van der Waals surface area contributed by atoms with Gasteiger partial charge < -0.3 is 34.1 Å². The Morgan fingerprint density at radius 2 is 1.93 bits per heavy atom. The van der Waals surface area contributed by atoms with Crippen LogP contribution in [0.3, 0.4) is 0 Å². The zero-order chi connectivity index (χ0) is 21.3. The van der Waals surface area contributed by atoms with E-state index < -0.39 is 43.1 Å². The third-order valence-electron chi connectivity index (χ3n) is 5.41. The Kier molecular flexibility index (Phi) is 8.89. The molecular weight excluding hydrogens is 390 g/mol. The number of carbonyl (C=O) groups is 1. The van der Waals surface area contributed by atoms with E-state index in [1.54, 1.807) is 0 Å². The van der Waals surface area contributed by atoms with Crippen LogP contribution in [0, 0.1) is 0 Å². The van der Waals surface area contributed by atoms with E-state index in [1.165, 1.54) is 20.0 Å². The van der Waals surface area contributed by atoms with Crippen molar-refractivity contribution in [3.8, 4) is 0 Å². The first-order valence-corrected chi connectivity index (χ1v) is 10.8. The summed E-state index contributed by atoms with van der Waals surface area (Å²) in [5.74, 6) is 0. The van der Waals surface area contributed by atoms with Gasteiger partial charge in [-0.15, -0.1) is 0 Å². The summed E-state index contributed by atoms with van der Waals surface area (Å²) in [6.45, 7) is 2.92. The third-order valence-corrected chi connectivity index (χ3v) is 5.41. The summed E-state index contributed by atoms with van der Waals surface area (Å²) >= 11 is 0. The maximum atomic E-state index is 12.2. The first kappa shape index (κ1) is 23.0. The van der Waals surface area contributed by atoms with Gasteiger partial charge in [-0.1, -0.05) is 62.9 Å². The third kappa shape index (κ3) is 5.92. The maximum absolute atomic E-state index is 12.2. The van der Waals surface area contributed by atoms with E-state index in [0.717, 1.165) is 24.8 Å². The predicted octanol–water partition coefficient (Wildman–Crippen LogP) is 2.90. The summed E-state index contributed by atoms with van der Waals surface area (Å²) in [4.78, 5) is 12.2. The van der Waals surface area contributed by atoms with Crippen LogP contribution >= 0.6 is 0 Å². The number of aliphatic hydroxyl groups excluding tert-OH is 1. The van der Waals surface area contributed by atoms with E-state index in [0.29, 0.717) is 6.54 Å². The summed E-state index contributed by atoms with van der Waals surface area (Å²) < 4.78 is 28.3. The molecule has 2 N–H and O–H groups in total. The van der Waals surface area contributed by atoms with Crippen LogP contribution in [0.15, 0.2) is 30.3 Å². The van der Waals surface area contributed by atoms with Crippen molar-refractivity contribution in [2.24, 2.45) is 0 Å². The van der Waals surface area contributed by atoms with Crippen LogP contribution in [-0.2, 0) is 23.7 Å². The highest BCUT2D eigenvalue weighted by molar-refractivity contribution is 5.67. The van der Waals surface area contributed by atoms with Gasteiger partial charge >= 0.3 is 6.09 Å². The number of amides is 1. The average Bonchev–Trinajstić information content (AvgIpc) is 2.78. The van der Waals surface area contributed by atoms with E-state index in [2.05, 4.69) is 12.2 Å². The number of aliphatic hydroxyl groups is 1. The Bertz CT molecular complexity index is 644. The average molecular weight is 424 g/mol. The molecular formula is C22H33NO7. The summed E-state index contributed by atoms with van der Waals surface area (Å²) in [5.41, 5.74) is 0.843. The topological polar surface area (TPSA) is 95.5 Å². The monoisotopic (exact) mass is 423 g/mol. The Hall–Kier alpha value is -1.71. The van der Waals surface area contributed by atoms with Crippen molar-refractivity contribution in [2.75, 3.05) is 20.3 Å². The van der Waals surface area contributed by atoms with Gasteiger partial charge in [0.15, 0.2) is 18.7 Å². The summed E-state index contributed by atoms with van der Waals surface area (Å²) in [5, 5.41) is 13.6. The molecule has 2 aliphatic heterocycles. The first-order chi connectivity index (χ1) is 14.6. The number of fused-ring (bicyclic) bond motifs is 1. The summed E-state index contributed by atoms with van der Waals surface area (Å²) in [7, 11) is 1.44. The lowest BCUT2D eigenvalue weighted by Gasteiger charge is -2.46. The normalized spacial score (nSPS) is 31.0. The molecule has 0 radical (unpaired) electrons. The van der Waals surface area contributed by atoms with Crippen LogP contribution in [0.1, 0.15) is 50.9 Å². The lowest BCUT2D eigenvalue weighted by molar-refractivity contribution is -0.357. The molecule has 2 fully saturated rings. The molecule has 1 aromatic carbocycles. The lowest BCUT2D eigenvalue weighted by Crippen LogP contribution is -2.63. The van der Waals surface area contributed by atoms with Gasteiger partial charge in [-0.25, -0.2) is 4.79 Å². The quantitative estimate of drug-likeness (QED) is 0.590. The van der Waals surface area contributed by atoms with E-state index >= 15 is 0 Å². The fourth-order valence-electron chi connectivity index (χ4n) is 3.75. The Labute approximate surface area is 177 Å². The van der Waals surface area contributed by atoms with Gasteiger partial charge in [0.1, 0.15) is 18.3 Å². The Morgan fingerprint density at radius 3 is 2.67 bits per heavy atom. The second kappa shape index (κ2) is 11.6. The number of nitrogens with one attached hydrogen (secondary N) is 1. The fraction of sp³-hybridized carbons (Fsp3) is 0.682. The van der Waals surface area contributed by atoms with E-state index in [-0.39, 0.29) is 6.61 Å². The molecule has 0 spiro atoms. The minimum Gasteiger partial charge on any atom is -0.438 e. The number of alkyl carbamates (subject to hydrolysis) is 1. The van der Waals surface area contributed by atoms with Crippen molar-refractivity contribution in [3.05, 3.63) is 35.9 Å². The molecule has 3 rings (SSSR count). The van der Waals surface area contributed by atoms with Crippen LogP contribution in [0.2, 0.25) is 0 Å². The number of benzene rings is 1. The van der Waals surface area contributed by atoms with Crippen molar-refractivity contribution in [1.29, 1.82) is 0 Å². The molecule has 0 aliphatic carbocycles. The van der Waals surface area contributed by atoms with E-state index in [1.807, 2.05) is 30.3 Å². The van der Waals surface area contributed by atoms with Gasteiger partial charge in [0.2, 0.25) is 0 Å². The van der Waals surface area contributed by atoms with Crippen molar-refractivity contribution in [1.82, 2.24) is 5.32 Å². The van der Waals surface area contributed by atoms with Gasteiger partial charge in [0.25, 0.3) is 0 Å². The standard InChI is InChI=1S/C22H33NO7/c1-3-4-5-6-10-13-23-22(25)30-19-17(24)18-16(28-21(19)26-2)14-27-20(29-18)15-11-8-7-9-12-15/h7-9,11-12,16-21,24H,3-6,10,13-14H2,1-2H3,(H,23,25)/t16-,17+,18-,19-,20?,21+/m1/s1. The number of unbranched alkanes of at least 4 members (excludes halogenated alkanes) is 4. The number of methoxy groups -OCH3 is 1. The van der Waals surface area contributed by atoms with Gasteiger partial charge in [-0.3, -0.25) is 0 Å². The van der Waals surface area contributed by atoms with E-state index in [9.17, 15) is 9.90 Å². The van der Waals surface area contributed by atoms with Crippen molar-refractivity contribution >= 4 is 6.09 Å². The summed E-state index contributed by atoms with van der Waals surface area (Å²) in [6.07, 6.45) is -0.0170. The molecule has 1 amide bonds. The molecule has 1 aromatic rings. The fourth-order valence-corrected chi connectivity index (χ4v) is 3.75. The largest absolute Gasteiger partial charge is 0.438 e. The second-order valence-corrected chi connectivity index (χ2v) is 7.66. The molecule has 8 nitrogen and oxygen atoms in total. The zero-order valence-corrected chi connectivity index (χ0v) is 17.7. The smallest absolute Gasteiger partial charge is 0.407 e. The van der Waals surface area contributed by atoms with Gasteiger partial charge in [-0.05, 0) is 6.42 Å². The molecule has 1 unspecified atom stereocenters. The van der Waals surface area contributed by atoms with Crippen LogP contribution < -0.4 is 5.32 Å². The predicted molar refractivity (Wildman–Crippen MR) is 109 cm³/mol.